The van der Waals surface area contributed by atoms with Crippen molar-refractivity contribution in [1.29, 1.82) is 0 Å². The van der Waals surface area contributed by atoms with Gasteiger partial charge in [-0.05, 0) is 29.8 Å². The summed E-state index contributed by atoms with van der Waals surface area (Å²) in [6.07, 6.45) is 3.88. The standard InChI is InChI=1S/C14H10FN3O/c1-18-13(9-2-4-10(15)5-3-9)11(8-19)12-14(18)17-7-6-16-12/h2-8H,1H3. The molecule has 0 amide bonds. The molecule has 4 nitrogen and oxygen atoms in total. The summed E-state index contributed by atoms with van der Waals surface area (Å²) in [5.41, 5.74) is 3.10. The van der Waals surface area contributed by atoms with Gasteiger partial charge in [-0.15, -0.1) is 0 Å². The first-order valence-corrected chi connectivity index (χ1v) is 5.73. The van der Waals surface area contributed by atoms with Gasteiger partial charge >= 0.3 is 0 Å². The van der Waals surface area contributed by atoms with Gasteiger partial charge in [0.25, 0.3) is 0 Å². The molecule has 0 radical (unpaired) electrons. The lowest BCUT2D eigenvalue weighted by molar-refractivity contribution is 0.112. The summed E-state index contributed by atoms with van der Waals surface area (Å²) in [7, 11) is 1.81. The fraction of sp³-hybridized carbons (Fsp3) is 0.0714. The van der Waals surface area contributed by atoms with Gasteiger partial charge in [0.05, 0.1) is 11.3 Å². The molecule has 2 heterocycles. The molecule has 0 unspecified atom stereocenters. The number of benzene rings is 1. The molecule has 2 aromatic heterocycles. The highest BCUT2D eigenvalue weighted by Crippen LogP contribution is 2.29. The van der Waals surface area contributed by atoms with Crippen LogP contribution in [0.15, 0.2) is 36.7 Å². The number of nitrogens with zero attached hydrogens (tertiary/aromatic N) is 3. The number of aromatic nitrogens is 3. The molecule has 0 saturated carbocycles. The number of carbonyl (C=O) groups excluding carboxylic acids is 1. The molecule has 3 rings (SSSR count). The predicted octanol–water partition coefficient (Wildman–Crippen LogP) is 2.59. The second-order valence-corrected chi connectivity index (χ2v) is 4.17. The Labute approximate surface area is 108 Å². The number of halogens is 1. The molecule has 0 N–H and O–H groups in total. The molecule has 1 aromatic carbocycles. The lowest BCUT2D eigenvalue weighted by Gasteiger charge is -2.04. The zero-order valence-electron chi connectivity index (χ0n) is 10.2. The van der Waals surface area contributed by atoms with Crippen molar-refractivity contribution in [2.45, 2.75) is 0 Å². The van der Waals surface area contributed by atoms with Gasteiger partial charge in [0.15, 0.2) is 11.9 Å². The zero-order chi connectivity index (χ0) is 13.4. The number of hydrogen-bond donors (Lipinski definition) is 0. The fourth-order valence-corrected chi connectivity index (χ4v) is 2.23. The highest BCUT2D eigenvalue weighted by atomic mass is 19.1. The maximum absolute atomic E-state index is 13.0. The van der Waals surface area contributed by atoms with Crippen LogP contribution < -0.4 is 0 Å². The summed E-state index contributed by atoms with van der Waals surface area (Å²) in [6.45, 7) is 0. The number of carbonyl (C=O) groups is 1. The van der Waals surface area contributed by atoms with Crippen molar-refractivity contribution < 1.29 is 9.18 Å². The largest absolute Gasteiger partial charge is 0.326 e. The van der Waals surface area contributed by atoms with Crippen LogP contribution in [0.5, 0.6) is 0 Å². The van der Waals surface area contributed by atoms with Gasteiger partial charge in [-0.1, -0.05) is 0 Å². The Balaban J connectivity index is 2.37. The van der Waals surface area contributed by atoms with Gasteiger partial charge in [-0.3, -0.25) is 9.78 Å². The van der Waals surface area contributed by atoms with Crippen LogP contribution in [-0.4, -0.2) is 20.8 Å². The molecule has 0 saturated heterocycles. The summed E-state index contributed by atoms with van der Waals surface area (Å²) in [5, 5.41) is 0. The third-order valence-corrected chi connectivity index (χ3v) is 3.08. The molecule has 0 bridgehead atoms. The van der Waals surface area contributed by atoms with Crippen LogP contribution in [0.25, 0.3) is 22.4 Å². The van der Waals surface area contributed by atoms with Crippen molar-refractivity contribution in [3.63, 3.8) is 0 Å². The van der Waals surface area contributed by atoms with E-state index in [9.17, 15) is 9.18 Å². The van der Waals surface area contributed by atoms with Crippen LogP contribution in [0.3, 0.4) is 0 Å². The Hall–Kier alpha value is -2.56. The van der Waals surface area contributed by atoms with E-state index < -0.39 is 0 Å². The third-order valence-electron chi connectivity index (χ3n) is 3.08. The van der Waals surface area contributed by atoms with E-state index in [1.807, 2.05) is 7.05 Å². The van der Waals surface area contributed by atoms with Gasteiger partial charge in [0.2, 0.25) is 0 Å². The Morgan fingerprint density at radius 1 is 1.16 bits per heavy atom. The lowest BCUT2D eigenvalue weighted by Crippen LogP contribution is -1.94. The number of hydrogen-bond acceptors (Lipinski definition) is 3. The summed E-state index contributed by atoms with van der Waals surface area (Å²) in [5.74, 6) is -0.314. The Bertz CT molecular complexity index is 762. The normalized spacial score (nSPS) is 10.8. The van der Waals surface area contributed by atoms with E-state index >= 15 is 0 Å². The minimum atomic E-state index is -0.314. The minimum Gasteiger partial charge on any atom is -0.326 e. The molecule has 19 heavy (non-hydrogen) atoms. The van der Waals surface area contributed by atoms with Crippen LogP contribution in [-0.2, 0) is 7.05 Å². The van der Waals surface area contributed by atoms with Crippen molar-refractivity contribution in [2.75, 3.05) is 0 Å². The minimum absolute atomic E-state index is 0.314. The molecule has 0 aliphatic rings. The summed E-state index contributed by atoms with van der Waals surface area (Å²) in [6, 6.07) is 6.00. The highest BCUT2D eigenvalue weighted by molar-refractivity contribution is 6.01. The van der Waals surface area contributed by atoms with E-state index in [1.54, 1.807) is 29.1 Å². The maximum atomic E-state index is 13.0. The first-order chi connectivity index (χ1) is 9.22. The second kappa shape index (κ2) is 4.28. The lowest BCUT2D eigenvalue weighted by atomic mass is 10.1. The monoisotopic (exact) mass is 255 g/mol. The molecule has 5 heteroatoms. The summed E-state index contributed by atoms with van der Waals surface area (Å²) >= 11 is 0. The molecule has 3 aromatic rings. The first kappa shape index (κ1) is 11.5. The van der Waals surface area contributed by atoms with Gasteiger partial charge in [0, 0.05) is 19.4 Å². The van der Waals surface area contributed by atoms with Crippen LogP contribution in [0.2, 0.25) is 0 Å². The smallest absolute Gasteiger partial charge is 0.159 e. The van der Waals surface area contributed by atoms with Crippen LogP contribution in [0.1, 0.15) is 10.4 Å². The molecule has 0 aliphatic heterocycles. The molecule has 0 spiro atoms. The Morgan fingerprint density at radius 2 is 1.84 bits per heavy atom. The molecular formula is C14H10FN3O. The van der Waals surface area contributed by atoms with Crippen LogP contribution >= 0.6 is 0 Å². The molecule has 0 atom stereocenters. The average molecular weight is 255 g/mol. The van der Waals surface area contributed by atoms with Gasteiger partial charge in [0.1, 0.15) is 11.3 Å². The second-order valence-electron chi connectivity index (χ2n) is 4.17. The van der Waals surface area contributed by atoms with Crippen molar-refractivity contribution in [1.82, 2.24) is 14.5 Å². The van der Waals surface area contributed by atoms with Crippen molar-refractivity contribution >= 4 is 17.5 Å². The Morgan fingerprint density at radius 3 is 2.53 bits per heavy atom. The van der Waals surface area contributed by atoms with E-state index in [1.165, 1.54) is 12.1 Å². The van der Waals surface area contributed by atoms with E-state index in [0.29, 0.717) is 22.4 Å². The number of aryl methyl sites for hydroxylation is 1. The fourth-order valence-electron chi connectivity index (χ4n) is 2.23. The van der Waals surface area contributed by atoms with Crippen molar-refractivity contribution in [3.8, 4) is 11.3 Å². The van der Waals surface area contributed by atoms with Gasteiger partial charge in [-0.25, -0.2) is 9.37 Å². The molecule has 94 valence electrons. The molecule has 0 fully saturated rings. The van der Waals surface area contributed by atoms with Gasteiger partial charge < -0.3 is 4.57 Å². The number of fused-ring (bicyclic) bond motifs is 1. The van der Waals surface area contributed by atoms with Gasteiger partial charge in [-0.2, -0.15) is 0 Å². The van der Waals surface area contributed by atoms with Crippen LogP contribution in [0.4, 0.5) is 4.39 Å². The third kappa shape index (κ3) is 1.71. The number of rotatable bonds is 2. The predicted molar refractivity (Wildman–Crippen MR) is 69.3 cm³/mol. The Kier molecular flexibility index (Phi) is 2.59. The van der Waals surface area contributed by atoms with E-state index in [2.05, 4.69) is 9.97 Å². The summed E-state index contributed by atoms with van der Waals surface area (Å²) < 4.78 is 14.8. The summed E-state index contributed by atoms with van der Waals surface area (Å²) in [4.78, 5) is 19.7. The number of aldehydes is 1. The zero-order valence-corrected chi connectivity index (χ0v) is 10.2. The molecular weight excluding hydrogens is 245 g/mol. The van der Waals surface area contributed by atoms with Crippen molar-refractivity contribution in [2.24, 2.45) is 7.05 Å². The first-order valence-electron chi connectivity index (χ1n) is 5.73. The maximum Gasteiger partial charge on any atom is 0.159 e. The van der Waals surface area contributed by atoms with E-state index in [4.69, 9.17) is 0 Å². The molecule has 0 aliphatic carbocycles. The average Bonchev–Trinajstić information content (AvgIpc) is 2.73. The topological polar surface area (TPSA) is 47.8 Å². The highest BCUT2D eigenvalue weighted by Gasteiger charge is 2.17. The van der Waals surface area contributed by atoms with Crippen LogP contribution in [0, 0.1) is 5.82 Å². The SMILES string of the molecule is Cn1c(-c2ccc(F)cc2)c(C=O)c2nccnc21. The van der Waals surface area contributed by atoms with E-state index in [0.717, 1.165) is 11.8 Å². The quantitative estimate of drug-likeness (QED) is 0.661. The van der Waals surface area contributed by atoms with Crippen molar-refractivity contribution in [3.05, 3.63) is 48.0 Å². The van der Waals surface area contributed by atoms with E-state index in [-0.39, 0.29) is 5.82 Å².